The first-order valence-corrected chi connectivity index (χ1v) is 7.83. The number of benzene rings is 1. The molecule has 0 spiro atoms. The topological polar surface area (TPSA) is 74.6 Å². The Hall–Kier alpha value is -0.980. The van der Waals surface area contributed by atoms with Crippen molar-refractivity contribution in [2.45, 2.75) is 18.1 Å². The van der Waals surface area contributed by atoms with Crippen LogP contribution in [0.3, 0.4) is 0 Å². The van der Waals surface area contributed by atoms with Gasteiger partial charge in [0.05, 0.1) is 18.5 Å². The average Bonchev–Trinajstić information content (AvgIpc) is 3.09. The number of sulfone groups is 1. The monoisotopic (exact) mass is 288 g/mol. The van der Waals surface area contributed by atoms with E-state index < -0.39 is 45.5 Å². The molecule has 1 aromatic carbocycles. The predicted molar refractivity (Wildman–Crippen MR) is 69.0 cm³/mol. The van der Waals surface area contributed by atoms with Crippen molar-refractivity contribution in [3.63, 3.8) is 0 Å². The molecule has 2 atom stereocenters. The Morgan fingerprint density at radius 1 is 1.32 bits per heavy atom. The largest absolute Gasteiger partial charge is 0.396 e. The van der Waals surface area contributed by atoms with E-state index in [-0.39, 0.29) is 5.75 Å². The van der Waals surface area contributed by atoms with Gasteiger partial charge in [-0.25, -0.2) is 12.8 Å². The first kappa shape index (κ1) is 14.4. The lowest BCUT2D eigenvalue weighted by atomic mass is 10.0. The molecule has 1 saturated carbocycles. The number of rotatable bonds is 5. The quantitative estimate of drug-likeness (QED) is 0.836. The zero-order chi connectivity index (χ0) is 14.3. The Morgan fingerprint density at radius 2 is 1.95 bits per heavy atom. The van der Waals surface area contributed by atoms with Gasteiger partial charge >= 0.3 is 0 Å². The highest BCUT2D eigenvalue weighted by Crippen LogP contribution is 2.62. The Bertz CT molecular complexity index is 566. The van der Waals surface area contributed by atoms with Crippen molar-refractivity contribution < 1.29 is 23.0 Å². The van der Waals surface area contributed by atoms with Gasteiger partial charge in [0.15, 0.2) is 9.84 Å². The molecule has 106 valence electrons. The molecule has 0 aromatic heterocycles. The fourth-order valence-corrected chi connectivity index (χ4v) is 4.97. The molecular formula is C13H17FO4S. The van der Waals surface area contributed by atoms with Gasteiger partial charge in [-0.1, -0.05) is 19.1 Å². The zero-order valence-corrected chi connectivity index (χ0v) is 11.4. The van der Waals surface area contributed by atoms with E-state index in [2.05, 4.69) is 0 Å². The van der Waals surface area contributed by atoms with Crippen LogP contribution in [0.2, 0.25) is 0 Å². The molecule has 19 heavy (non-hydrogen) atoms. The van der Waals surface area contributed by atoms with Crippen molar-refractivity contribution in [1.82, 2.24) is 0 Å². The van der Waals surface area contributed by atoms with Gasteiger partial charge in [-0.3, -0.25) is 0 Å². The third-order valence-corrected chi connectivity index (χ3v) is 6.29. The number of halogens is 1. The van der Waals surface area contributed by atoms with Gasteiger partial charge in [0.2, 0.25) is 0 Å². The van der Waals surface area contributed by atoms with Crippen LogP contribution in [0.25, 0.3) is 0 Å². The van der Waals surface area contributed by atoms with Gasteiger partial charge < -0.3 is 10.2 Å². The van der Waals surface area contributed by atoms with Crippen LogP contribution in [-0.4, -0.2) is 42.8 Å². The van der Waals surface area contributed by atoms with Crippen LogP contribution in [0.5, 0.6) is 0 Å². The molecule has 0 aliphatic heterocycles. The van der Waals surface area contributed by atoms with Crippen molar-refractivity contribution in [2.24, 2.45) is 5.41 Å². The molecule has 2 N–H and O–H groups in total. The van der Waals surface area contributed by atoms with Crippen LogP contribution in [0.15, 0.2) is 24.3 Å². The highest BCUT2D eigenvalue weighted by Gasteiger charge is 2.69. The number of hydrogen-bond donors (Lipinski definition) is 2. The summed E-state index contributed by atoms with van der Waals surface area (Å²) in [6.07, 6.45) is 0. The normalized spacial score (nSPS) is 25.3. The standard InChI is InChI=1S/C13H17FO4S/c1-2-19(17,18)12-11(13(12,7-15)8-16)9-4-3-5-10(14)6-9/h3-6,11-12,15-16H,2,7-8H2,1H3/t11-,12+/m0/s1. The Balaban J connectivity index is 2.45. The highest BCUT2D eigenvalue weighted by molar-refractivity contribution is 7.92. The average molecular weight is 288 g/mol. The molecule has 4 nitrogen and oxygen atoms in total. The summed E-state index contributed by atoms with van der Waals surface area (Å²) in [4.78, 5) is 0. The molecule has 0 heterocycles. The Kier molecular flexibility index (Phi) is 3.68. The minimum absolute atomic E-state index is 0.0643. The van der Waals surface area contributed by atoms with E-state index in [0.717, 1.165) is 0 Å². The van der Waals surface area contributed by atoms with Crippen LogP contribution in [0.4, 0.5) is 4.39 Å². The number of aliphatic hydroxyl groups is 2. The van der Waals surface area contributed by atoms with Gasteiger partial charge in [0.1, 0.15) is 5.82 Å². The Morgan fingerprint density at radius 3 is 2.42 bits per heavy atom. The van der Waals surface area contributed by atoms with Gasteiger partial charge in [-0.15, -0.1) is 0 Å². The van der Waals surface area contributed by atoms with E-state index in [0.29, 0.717) is 5.56 Å². The third-order valence-electron chi connectivity index (χ3n) is 3.97. The van der Waals surface area contributed by atoms with Crippen molar-refractivity contribution in [1.29, 1.82) is 0 Å². The van der Waals surface area contributed by atoms with E-state index in [1.807, 2.05) is 0 Å². The molecule has 1 aromatic rings. The van der Waals surface area contributed by atoms with Crippen molar-refractivity contribution in [2.75, 3.05) is 19.0 Å². The summed E-state index contributed by atoms with van der Waals surface area (Å²) in [7, 11) is -3.41. The molecule has 2 rings (SSSR count). The van der Waals surface area contributed by atoms with Crippen molar-refractivity contribution in [3.8, 4) is 0 Å². The fraction of sp³-hybridized carbons (Fsp3) is 0.538. The Labute approximate surface area is 111 Å². The van der Waals surface area contributed by atoms with E-state index in [1.165, 1.54) is 25.1 Å². The maximum absolute atomic E-state index is 13.2. The highest BCUT2D eigenvalue weighted by atomic mass is 32.2. The lowest BCUT2D eigenvalue weighted by Crippen LogP contribution is -2.23. The van der Waals surface area contributed by atoms with Gasteiger partial charge in [0.25, 0.3) is 0 Å². The lowest BCUT2D eigenvalue weighted by Gasteiger charge is -2.10. The third kappa shape index (κ3) is 2.17. The summed E-state index contributed by atoms with van der Waals surface area (Å²) in [5.41, 5.74) is -0.590. The van der Waals surface area contributed by atoms with Gasteiger partial charge in [-0.2, -0.15) is 0 Å². The second-order valence-corrected chi connectivity index (χ2v) is 7.37. The molecule has 1 aliphatic rings. The van der Waals surface area contributed by atoms with Crippen LogP contribution < -0.4 is 0 Å². The molecular weight excluding hydrogens is 271 g/mol. The summed E-state index contributed by atoms with van der Waals surface area (Å²) in [6.45, 7) is 0.652. The first-order chi connectivity index (χ1) is 8.93. The van der Waals surface area contributed by atoms with Crippen molar-refractivity contribution in [3.05, 3.63) is 35.6 Å². The van der Waals surface area contributed by atoms with Crippen LogP contribution in [0, 0.1) is 11.2 Å². The van der Waals surface area contributed by atoms with E-state index in [1.54, 1.807) is 6.07 Å². The second-order valence-electron chi connectivity index (χ2n) is 4.95. The van der Waals surface area contributed by atoms with Crippen LogP contribution in [0.1, 0.15) is 18.4 Å². The SMILES string of the molecule is CCS(=O)(=O)[C@@H]1[C@H](c2cccc(F)c2)C1(CO)CO. The zero-order valence-electron chi connectivity index (χ0n) is 10.6. The molecule has 6 heteroatoms. The van der Waals surface area contributed by atoms with E-state index in [9.17, 15) is 23.0 Å². The minimum atomic E-state index is -3.41. The lowest BCUT2D eigenvalue weighted by molar-refractivity contribution is 0.130. The summed E-state index contributed by atoms with van der Waals surface area (Å²) >= 11 is 0. The smallest absolute Gasteiger partial charge is 0.154 e. The summed E-state index contributed by atoms with van der Waals surface area (Å²) in [6, 6.07) is 5.65. The van der Waals surface area contributed by atoms with E-state index in [4.69, 9.17) is 0 Å². The molecule has 0 amide bonds. The van der Waals surface area contributed by atoms with Gasteiger partial charge in [0, 0.05) is 17.1 Å². The maximum atomic E-state index is 13.2. The van der Waals surface area contributed by atoms with E-state index >= 15 is 0 Å². The molecule has 0 radical (unpaired) electrons. The molecule has 0 unspecified atom stereocenters. The maximum Gasteiger partial charge on any atom is 0.154 e. The predicted octanol–water partition coefficient (Wildman–Crippen LogP) is 0.697. The van der Waals surface area contributed by atoms with Crippen LogP contribution in [-0.2, 0) is 9.84 Å². The molecule has 1 aliphatic carbocycles. The van der Waals surface area contributed by atoms with Gasteiger partial charge in [-0.05, 0) is 17.7 Å². The fourth-order valence-electron chi connectivity index (χ4n) is 2.83. The number of aliphatic hydroxyl groups excluding tert-OH is 2. The molecule has 1 fully saturated rings. The second kappa shape index (κ2) is 4.85. The summed E-state index contributed by atoms with van der Waals surface area (Å²) < 4.78 is 37.3. The minimum Gasteiger partial charge on any atom is -0.396 e. The molecule has 0 saturated heterocycles. The summed E-state index contributed by atoms with van der Waals surface area (Å²) in [5, 5.41) is 18.1. The first-order valence-electron chi connectivity index (χ1n) is 6.11. The number of hydrogen-bond acceptors (Lipinski definition) is 4. The molecule has 0 bridgehead atoms. The van der Waals surface area contributed by atoms with Crippen molar-refractivity contribution >= 4 is 9.84 Å². The summed E-state index contributed by atoms with van der Waals surface area (Å²) in [5.74, 6) is -1.07. The van der Waals surface area contributed by atoms with Crippen LogP contribution >= 0.6 is 0 Å².